The molecular formula is C20H35N3O2. The molecule has 25 heavy (non-hydrogen) atoms. The van der Waals surface area contributed by atoms with Crippen LogP contribution in [0.15, 0.2) is 0 Å². The Balaban J connectivity index is 1.72. The van der Waals surface area contributed by atoms with Crippen molar-refractivity contribution < 1.29 is 9.59 Å². The van der Waals surface area contributed by atoms with Crippen LogP contribution in [0.1, 0.15) is 66.2 Å². The molecule has 3 aliphatic heterocycles. The second-order valence-electron chi connectivity index (χ2n) is 8.66. The van der Waals surface area contributed by atoms with Gasteiger partial charge in [0.1, 0.15) is 6.04 Å². The highest BCUT2D eigenvalue weighted by molar-refractivity contribution is 5.90. The largest absolute Gasteiger partial charge is 0.338 e. The molecule has 0 radical (unpaired) electrons. The van der Waals surface area contributed by atoms with Gasteiger partial charge in [-0.1, -0.05) is 13.8 Å². The van der Waals surface area contributed by atoms with Gasteiger partial charge in [-0.3, -0.25) is 14.5 Å². The monoisotopic (exact) mass is 349 g/mol. The maximum atomic E-state index is 13.2. The van der Waals surface area contributed by atoms with E-state index in [-0.39, 0.29) is 23.9 Å². The SMILES string of the molecule is CC(C)C1CCCN1C(=O)C1CCCN1C(=O)C1CCCN1C(C)C. The smallest absolute Gasteiger partial charge is 0.245 e. The first-order valence-electron chi connectivity index (χ1n) is 10.3. The Morgan fingerprint density at radius 2 is 1.32 bits per heavy atom. The summed E-state index contributed by atoms with van der Waals surface area (Å²) in [6.45, 7) is 11.3. The van der Waals surface area contributed by atoms with Crippen molar-refractivity contribution in [3.8, 4) is 0 Å². The molecule has 0 aromatic heterocycles. The predicted molar refractivity (Wildman–Crippen MR) is 99.2 cm³/mol. The second-order valence-corrected chi connectivity index (χ2v) is 8.66. The van der Waals surface area contributed by atoms with Crippen molar-refractivity contribution in [3.63, 3.8) is 0 Å². The Morgan fingerprint density at radius 3 is 2.00 bits per heavy atom. The molecule has 0 N–H and O–H groups in total. The molecular weight excluding hydrogens is 314 g/mol. The first-order chi connectivity index (χ1) is 11.9. The lowest BCUT2D eigenvalue weighted by Gasteiger charge is -2.36. The maximum Gasteiger partial charge on any atom is 0.245 e. The summed E-state index contributed by atoms with van der Waals surface area (Å²) in [5.41, 5.74) is 0. The third-order valence-electron chi connectivity index (χ3n) is 6.42. The Morgan fingerprint density at radius 1 is 0.760 bits per heavy atom. The van der Waals surface area contributed by atoms with Crippen LogP contribution in [0.4, 0.5) is 0 Å². The zero-order chi connectivity index (χ0) is 18.1. The van der Waals surface area contributed by atoms with E-state index in [1.54, 1.807) is 0 Å². The van der Waals surface area contributed by atoms with E-state index in [0.29, 0.717) is 18.0 Å². The van der Waals surface area contributed by atoms with E-state index >= 15 is 0 Å². The highest BCUT2D eigenvalue weighted by Crippen LogP contribution is 2.30. The third kappa shape index (κ3) is 3.57. The molecule has 2 amide bonds. The number of amides is 2. The van der Waals surface area contributed by atoms with Crippen LogP contribution in [0.2, 0.25) is 0 Å². The van der Waals surface area contributed by atoms with Gasteiger partial charge in [0.25, 0.3) is 0 Å². The van der Waals surface area contributed by atoms with Crippen LogP contribution in [-0.2, 0) is 9.59 Å². The number of hydrogen-bond donors (Lipinski definition) is 0. The van der Waals surface area contributed by atoms with Crippen LogP contribution in [0.5, 0.6) is 0 Å². The fourth-order valence-electron chi connectivity index (χ4n) is 5.10. The summed E-state index contributed by atoms with van der Waals surface area (Å²) in [5.74, 6) is 0.891. The van der Waals surface area contributed by atoms with E-state index in [2.05, 4.69) is 37.5 Å². The average molecular weight is 350 g/mol. The molecule has 3 heterocycles. The summed E-state index contributed by atoms with van der Waals surface area (Å²) in [6, 6.07) is 0.495. The van der Waals surface area contributed by atoms with Crippen molar-refractivity contribution in [2.75, 3.05) is 19.6 Å². The summed E-state index contributed by atoms with van der Waals surface area (Å²) < 4.78 is 0. The number of carbonyl (C=O) groups excluding carboxylic acids is 2. The lowest BCUT2D eigenvalue weighted by Crippen LogP contribution is -2.54. The molecule has 0 bridgehead atoms. The molecule has 3 saturated heterocycles. The molecule has 0 saturated carbocycles. The Kier molecular flexibility index (Phi) is 5.71. The van der Waals surface area contributed by atoms with Crippen LogP contribution >= 0.6 is 0 Å². The van der Waals surface area contributed by atoms with Gasteiger partial charge in [0.05, 0.1) is 6.04 Å². The van der Waals surface area contributed by atoms with Gasteiger partial charge in [-0.15, -0.1) is 0 Å². The van der Waals surface area contributed by atoms with Crippen molar-refractivity contribution in [1.82, 2.24) is 14.7 Å². The van der Waals surface area contributed by atoms with Crippen LogP contribution in [0.25, 0.3) is 0 Å². The van der Waals surface area contributed by atoms with Gasteiger partial charge < -0.3 is 9.80 Å². The van der Waals surface area contributed by atoms with E-state index in [1.165, 1.54) is 0 Å². The molecule has 5 nitrogen and oxygen atoms in total. The van der Waals surface area contributed by atoms with E-state index in [4.69, 9.17) is 0 Å². The highest BCUT2D eigenvalue weighted by atomic mass is 16.2. The number of carbonyl (C=O) groups is 2. The number of nitrogens with zero attached hydrogens (tertiary/aromatic N) is 3. The fraction of sp³-hybridized carbons (Fsp3) is 0.900. The van der Waals surface area contributed by atoms with Crippen LogP contribution in [0, 0.1) is 5.92 Å². The van der Waals surface area contributed by atoms with Gasteiger partial charge in [0, 0.05) is 25.2 Å². The second kappa shape index (κ2) is 7.65. The van der Waals surface area contributed by atoms with Crippen LogP contribution in [0.3, 0.4) is 0 Å². The van der Waals surface area contributed by atoms with Gasteiger partial charge in [-0.05, 0) is 64.8 Å². The van der Waals surface area contributed by atoms with Gasteiger partial charge >= 0.3 is 0 Å². The minimum Gasteiger partial charge on any atom is -0.338 e. The Labute approximate surface area is 152 Å². The van der Waals surface area contributed by atoms with Crippen molar-refractivity contribution in [3.05, 3.63) is 0 Å². The molecule has 3 atom stereocenters. The summed E-state index contributed by atoms with van der Waals surface area (Å²) in [5, 5.41) is 0. The molecule has 3 unspecified atom stereocenters. The lowest BCUT2D eigenvalue weighted by molar-refractivity contribution is -0.147. The van der Waals surface area contributed by atoms with E-state index in [0.717, 1.165) is 58.2 Å². The number of likely N-dealkylation sites (tertiary alicyclic amines) is 3. The molecule has 3 fully saturated rings. The zero-order valence-electron chi connectivity index (χ0n) is 16.4. The number of hydrogen-bond acceptors (Lipinski definition) is 3. The quantitative estimate of drug-likeness (QED) is 0.783. The Hall–Kier alpha value is -1.10. The maximum absolute atomic E-state index is 13.2. The van der Waals surface area contributed by atoms with Gasteiger partial charge in [0.2, 0.25) is 11.8 Å². The molecule has 3 aliphatic rings. The summed E-state index contributed by atoms with van der Waals surface area (Å²) >= 11 is 0. The first kappa shape index (κ1) is 18.7. The highest BCUT2D eigenvalue weighted by Gasteiger charge is 2.44. The molecule has 0 spiro atoms. The topological polar surface area (TPSA) is 43.9 Å². The molecule has 0 aromatic carbocycles. The molecule has 3 rings (SSSR count). The van der Waals surface area contributed by atoms with E-state index < -0.39 is 0 Å². The summed E-state index contributed by atoms with van der Waals surface area (Å²) in [4.78, 5) is 32.8. The molecule has 5 heteroatoms. The average Bonchev–Trinajstić information content (AvgIpc) is 3.32. The van der Waals surface area contributed by atoms with Crippen molar-refractivity contribution in [1.29, 1.82) is 0 Å². The van der Waals surface area contributed by atoms with E-state index in [9.17, 15) is 9.59 Å². The van der Waals surface area contributed by atoms with Gasteiger partial charge in [-0.2, -0.15) is 0 Å². The summed E-state index contributed by atoms with van der Waals surface area (Å²) in [7, 11) is 0. The van der Waals surface area contributed by atoms with Gasteiger partial charge in [0.15, 0.2) is 0 Å². The molecule has 0 aromatic rings. The minimum atomic E-state index is -0.221. The van der Waals surface area contributed by atoms with Crippen molar-refractivity contribution in [2.24, 2.45) is 5.92 Å². The standard InChI is InChI=1S/C20H35N3O2/c1-14(2)16-8-5-12-22(16)20(25)18-10-7-13-23(18)19(24)17-9-6-11-21(17)15(3)4/h14-18H,5-13H2,1-4H3. The molecule has 0 aliphatic carbocycles. The fourth-order valence-corrected chi connectivity index (χ4v) is 5.10. The van der Waals surface area contributed by atoms with Crippen molar-refractivity contribution in [2.45, 2.75) is 90.4 Å². The van der Waals surface area contributed by atoms with Crippen molar-refractivity contribution >= 4 is 11.8 Å². The lowest BCUT2D eigenvalue weighted by atomic mass is 10.0. The summed E-state index contributed by atoms with van der Waals surface area (Å²) in [6.07, 6.45) is 6.01. The van der Waals surface area contributed by atoms with Crippen LogP contribution in [-0.4, -0.2) is 70.3 Å². The van der Waals surface area contributed by atoms with Crippen LogP contribution < -0.4 is 0 Å². The first-order valence-corrected chi connectivity index (χ1v) is 10.3. The number of rotatable bonds is 4. The normalized spacial score (nSPS) is 30.9. The predicted octanol–water partition coefficient (Wildman–Crippen LogP) is 2.50. The molecule has 142 valence electrons. The Bertz CT molecular complexity index is 461. The third-order valence-corrected chi connectivity index (χ3v) is 6.42. The van der Waals surface area contributed by atoms with E-state index in [1.807, 2.05) is 4.90 Å². The van der Waals surface area contributed by atoms with Gasteiger partial charge in [-0.25, -0.2) is 0 Å². The minimum absolute atomic E-state index is 0.0205. The zero-order valence-corrected chi connectivity index (χ0v) is 16.4.